The first-order chi connectivity index (χ1) is 9.16. The second-order valence-corrected chi connectivity index (χ2v) is 4.29. The van der Waals surface area contributed by atoms with Crippen molar-refractivity contribution in [3.8, 4) is 5.69 Å². The number of amides is 1. The van der Waals surface area contributed by atoms with Gasteiger partial charge < -0.3 is 5.73 Å². The highest BCUT2D eigenvalue weighted by atomic mass is 16.1. The van der Waals surface area contributed by atoms with Gasteiger partial charge in [-0.05, 0) is 25.1 Å². The van der Waals surface area contributed by atoms with E-state index in [1.807, 2.05) is 37.3 Å². The van der Waals surface area contributed by atoms with Gasteiger partial charge in [-0.15, -0.1) is 0 Å². The molecule has 3 aromatic rings. The highest BCUT2D eigenvalue weighted by Gasteiger charge is 2.12. The van der Waals surface area contributed by atoms with Crippen molar-refractivity contribution >= 4 is 16.9 Å². The van der Waals surface area contributed by atoms with E-state index < -0.39 is 5.91 Å². The van der Waals surface area contributed by atoms with E-state index in [-0.39, 0.29) is 0 Å². The molecule has 3 rings (SSSR count). The van der Waals surface area contributed by atoms with E-state index in [4.69, 9.17) is 5.73 Å². The van der Waals surface area contributed by atoms with Crippen molar-refractivity contribution < 1.29 is 4.79 Å². The van der Waals surface area contributed by atoms with Gasteiger partial charge in [0.1, 0.15) is 0 Å². The molecular formula is C14H12N4O. The molecule has 0 unspecified atom stereocenters. The number of pyridine rings is 1. The van der Waals surface area contributed by atoms with E-state index in [0.29, 0.717) is 11.2 Å². The predicted molar refractivity (Wildman–Crippen MR) is 72.1 cm³/mol. The molecule has 19 heavy (non-hydrogen) atoms. The van der Waals surface area contributed by atoms with E-state index >= 15 is 0 Å². The van der Waals surface area contributed by atoms with Crippen LogP contribution in [0.2, 0.25) is 0 Å². The van der Waals surface area contributed by atoms with Gasteiger partial charge in [0, 0.05) is 11.6 Å². The maximum atomic E-state index is 11.2. The zero-order valence-electron chi connectivity index (χ0n) is 10.4. The highest BCUT2D eigenvalue weighted by Crippen LogP contribution is 2.20. The number of aryl methyl sites for hydroxylation is 1. The maximum absolute atomic E-state index is 11.2. The molecule has 1 aromatic carbocycles. The topological polar surface area (TPSA) is 73.8 Å². The number of fused-ring (bicyclic) bond motifs is 1. The molecule has 2 aromatic heterocycles. The fourth-order valence-corrected chi connectivity index (χ4v) is 2.03. The molecule has 5 heteroatoms. The van der Waals surface area contributed by atoms with Crippen LogP contribution in [0, 0.1) is 6.92 Å². The van der Waals surface area contributed by atoms with Gasteiger partial charge in [0.2, 0.25) is 5.91 Å². The summed E-state index contributed by atoms with van der Waals surface area (Å²) in [4.78, 5) is 15.5. The van der Waals surface area contributed by atoms with Gasteiger partial charge in [-0.25, -0.2) is 9.67 Å². The maximum Gasteiger partial charge on any atom is 0.250 e. The second kappa shape index (κ2) is 4.20. The van der Waals surface area contributed by atoms with Crippen LogP contribution in [0.4, 0.5) is 0 Å². The standard InChI is InChI=1S/C14H12N4O/c1-9-12-7-10(13(15)19)8-16-14(12)18(17-9)11-5-3-2-4-6-11/h2-8H,1H3,(H2,15,19). The highest BCUT2D eigenvalue weighted by molar-refractivity contribution is 5.96. The van der Waals surface area contributed by atoms with Gasteiger partial charge >= 0.3 is 0 Å². The first kappa shape index (κ1) is 11.4. The fourth-order valence-electron chi connectivity index (χ4n) is 2.03. The quantitative estimate of drug-likeness (QED) is 0.756. The number of benzene rings is 1. The molecule has 0 aliphatic heterocycles. The molecule has 0 aliphatic rings. The molecule has 1 amide bonds. The monoisotopic (exact) mass is 252 g/mol. The Morgan fingerprint density at radius 3 is 2.68 bits per heavy atom. The number of para-hydroxylation sites is 1. The van der Waals surface area contributed by atoms with Crippen molar-refractivity contribution in [3.05, 3.63) is 53.9 Å². The van der Waals surface area contributed by atoms with Gasteiger partial charge in [0.25, 0.3) is 0 Å². The van der Waals surface area contributed by atoms with Crippen molar-refractivity contribution in [2.75, 3.05) is 0 Å². The van der Waals surface area contributed by atoms with Crippen LogP contribution in [0.5, 0.6) is 0 Å². The van der Waals surface area contributed by atoms with Gasteiger partial charge in [0.15, 0.2) is 5.65 Å². The lowest BCUT2D eigenvalue weighted by molar-refractivity contribution is 0.1000. The first-order valence-electron chi connectivity index (χ1n) is 5.87. The Morgan fingerprint density at radius 1 is 1.26 bits per heavy atom. The molecule has 2 N–H and O–H groups in total. The van der Waals surface area contributed by atoms with Crippen molar-refractivity contribution in [1.29, 1.82) is 0 Å². The molecule has 0 radical (unpaired) electrons. The van der Waals surface area contributed by atoms with Gasteiger partial charge in [-0.2, -0.15) is 5.10 Å². The number of carbonyl (C=O) groups is 1. The molecule has 94 valence electrons. The lowest BCUT2D eigenvalue weighted by atomic mass is 10.2. The van der Waals surface area contributed by atoms with E-state index in [9.17, 15) is 4.79 Å². The summed E-state index contributed by atoms with van der Waals surface area (Å²) in [5.41, 5.74) is 8.12. The van der Waals surface area contributed by atoms with Crippen LogP contribution < -0.4 is 5.73 Å². The minimum atomic E-state index is -0.485. The number of primary amides is 1. The zero-order chi connectivity index (χ0) is 13.4. The van der Waals surface area contributed by atoms with E-state index in [1.165, 1.54) is 6.20 Å². The average molecular weight is 252 g/mol. The Balaban J connectivity index is 2.26. The molecule has 0 fully saturated rings. The van der Waals surface area contributed by atoms with E-state index in [2.05, 4.69) is 10.1 Å². The number of nitrogens with zero attached hydrogens (tertiary/aromatic N) is 3. The van der Waals surface area contributed by atoms with E-state index in [1.54, 1.807) is 10.7 Å². The number of nitrogens with two attached hydrogens (primary N) is 1. The summed E-state index contributed by atoms with van der Waals surface area (Å²) in [7, 11) is 0. The Morgan fingerprint density at radius 2 is 2.00 bits per heavy atom. The second-order valence-electron chi connectivity index (χ2n) is 4.29. The summed E-state index contributed by atoms with van der Waals surface area (Å²) in [5, 5.41) is 5.30. The van der Waals surface area contributed by atoms with Crippen LogP contribution in [-0.2, 0) is 0 Å². The fraction of sp³-hybridized carbons (Fsp3) is 0.0714. The van der Waals surface area contributed by atoms with E-state index in [0.717, 1.165) is 16.8 Å². The zero-order valence-corrected chi connectivity index (χ0v) is 10.4. The molecule has 0 saturated carbocycles. The third kappa shape index (κ3) is 1.85. The Bertz CT molecular complexity index is 762. The largest absolute Gasteiger partial charge is 0.366 e. The summed E-state index contributed by atoms with van der Waals surface area (Å²) in [6.45, 7) is 1.88. The van der Waals surface area contributed by atoms with Gasteiger partial charge in [-0.1, -0.05) is 18.2 Å². The third-order valence-corrected chi connectivity index (χ3v) is 2.99. The summed E-state index contributed by atoms with van der Waals surface area (Å²) in [6.07, 6.45) is 1.48. The average Bonchev–Trinajstić information content (AvgIpc) is 2.77. The van der Waals surface area contributed by atoms with Crippen LogP contribution in [0.3, 0.4) is 0 Å². The SMILES string of the molecule is Cc1nn(-c2ccccc2)c2ncc(C(N)=O)cc12. The lowest BCUT2D eigenvalue weighted by Gasteiger charge is -2.02. The minimum absolute atomic E-state index is 0.392. The van der Waals surface area contributed by atoms with Crippen molar-refractivity contribution in [3.63, 3.8) is 0 Å². The number of hydrogen-bond donors (Lipinski definition) is 1. The Kier molecular flexibility index (Phi) is 2.52. The van der Waals surface area contributed by atoms with Crippen LogP contribution in [0.25, 0.3) is 16.7 Å². The summed E-state index contributed by atoms with van der Waals surface area (Å²) in [5.74, 6) is -0.485. The number of carbonyl (C=O) groups excluding carboxylic acids is 1. The van der Waals surface area contributed by atoms with Crippen LogP contribution in [0.15, 0.2) is 42.6 Å². The lowest BCUT2D eigenvalue weighted by Crippen LogP contribution is -2.11. The Hall–Kier alpha value is -2.69. The van der Waals surface area contributed by atoms with Crippen molar-refractivity contribution in [2.45, 2.75) is 6.92 Å². The smallest absolute Gasteiger partial charge is 0.250 e. The van der Waals surface area contributed by atoms with Gasteiger partial charge in [0.05, 0.1) is 16.9 Å². The molecule has 0 bridgehead atoms. The molecule has 0 spiro atoms. The molecule has 0 aliphatic carbocycles. The normalized spacial score (nSPS) is 10.8. The minimum Gasteiger partial charge on any atom is -0.366 e. The Labute approximate surface area is 109 Å². The van der Waals surface area contributed by atoms with Crippen LogP contribution in [0.1, 0.15) is 16.1 Å². The third-order valence-electron chi connectivity index (χ3n) is 2.99. The number of aromatic nitrogens is 3. The van der Waals surface area contributed by atoms with Gasteiger partial charge in [-0.3, -0.25) is 4.79 Å². The van der Waals surface area contributed by atoms with Crippen LogP contribution in [-0.4, -0.2) is 20.7 Å². The van der Waals surface area contributed by atoms with Crippen LogP contribution >= 0.6 is 0 Å². The molecule has 0 saturated heterocycles. The summed E-state index contributed by atoms with van der Waals surface area (Å²) in [6, 6.07) is 11.5. The molecule has 2 heterocycles. The molecule has 0 atom stereocenters. The van der Waals surface area contributed by atoms with Crippen molar-refractivity contribution in [1.82, 2.24) is 14.8 Å². The molecular weight excluding hydrogens is 240 g/mol. The summed E-state index contributed by atoms with van der Waals surface area (Å²) < 4.78 is 1.76. The number of rotatable bonds is 2. The molecule has 5 nitrogen and oxygen atoms in total. The predicted octanol–water partition coefficient (Wildman–Crippen LogP) is 1.83. The first-order valence-corrected chi connectivity index (χ1v) is 5.87. The van der Waals surface area contributed by atoms with Crippen molar-refractivity contribution in [2.24, 2.45) is 5.73 Å². The summed E-state index contributed by atoms with van der Waals surface area (Å²) >= 11 is 0. The number of hydrogen-bond acceptors (Lipinski definition) is 3.